The number of aliphatic hydroxyl groups is 2. The van der Waals surface area contributed by atoms with Gasteiger partial charge in [-0.25, -0.2) is 4.79 Å². The average molecular weight is 167 g/mol. The predicted molar refractivity (Wildman–Crippen MR) is 32.6 cm³/mol. The van der Waals surface area contributed by atoms with E-state index in [0.29, 0.717) is 0 Å². The topological polar surface area (TPSA) is 66.8 Å². The van der Waals surface area contributed by atoms with Crippen LogP contribution < -0.4 is 0 Å². The molecule has 1 rings (SSSR count). The van der Waals surface area contributed by atoms with Crippen LogP contribution in [0.25, 0.3) is 0 Å². The number of alkyl halides is 1. The lowest BCUT2D eigenvalue weighted by Gasteiger charge is -2.07. The fraction of sp³-hybridized carbons (Fsp3) is 0.800. The Hall–Kier alpha value is -0.320. The molecule has 0 unspecified atom stereocenters. The van der Waals surface area contributed by atoms with Gasteiger partial charge in [0.2, 0.25) is 0 Å². The maximum absolute atomic E-state index is 10.5. The number of cyclic esters (lactones) is 1. The number of ether oxygens (including phenoxy) is 1. The molecule has 0 aromatic carbocycles. The highest BCUT2D eigenvalue weighted by Gasteiger charge is 2.41. The summed E-state index contributed by atoms with van der Waals surface area (Å²) in [5.41, 5.74) is 0. The van der Waals surface area contributed by atoms with E-state index < -0.39 is 24.3 Å². The number of hydrogen-bond donors (Lipinski definition) is 2. The van der Waals surface area contributed by atoms with Crippen molar-refractivity contribution in [1.82, 2.24) is 0 Å². The molecule has 4 nitrogen and oxygen atoms in total. The predicted octanol–water partition coefficient (Wildman–Crippen LogP) is -1.13. The van der Waals surface area contributed by atoms with Gasteiger partial charge in [0.15, 0.2) is 6.10 Å². The summed E-state index contributed by atoms with van der Waals surface area (Å²) in [6, 6.07) is 0. The molecule has 1 heterocycles. The Morgan fingerprint density at radius 1 is 1.60 bits per heavy atom. The molecule has 1 aliphatic heterocycles. The number of halogens is 1. The van der Waals surface area contributed by atoms with Crippen molar-refractivity contribution in [2.24, 2.45) is 0 Å². The Labute approximate surface area is 62.4 Å². The summed E-state index contributed by atoms with van der Waals surface area (Å²) in [5.74, 6) is -0.803. The number of carbonyl (C=O) groups is 1. The first-order chi connectivity index (χ1) is 4.66. The van der Waals surface area contributed by atoms with Gasteiger partial charge >= 0.3 is 5.97 Å². The Balaban J connectivity index is 2.61. The van der Waals surface area contributed by atoms with E-state index in [2.05, 4.69) is 4.74 Å². The zero-order valence-electron chi connectivity index (χ0n) is 5.03. The van der Waals surface area contributed by atoms with Crippen molar-refractivity contribution in [1.29, 1.82) is 0 Å². The van der Waals surface area contributed by atoms with E-state index in [0.717, 1.165) is 0 Å². The summed E-state index contributed by atoms with van der Waals surface area (Å²) < 4.78 is 4.46. The minimum absolute atomic E-state index is 0.00394. The van der Waals surface area contributed by atoms with Crippen LogP contribution in [-0.4, -0.2) is 40.4 Å². The van der Waals surface area contributed by atoms with Crippen LogP contribution in [0, 0.1) is 0 Å². The van der Waals surface area contributed by atoms with Gasteiger partial charge in [-0.05, 0) is 0 Å². The van der Waals surface area contributed by atoms with E-state index >= 15 is 0 Å². The maximum atomic E-state index is 10.5. The second-order valence-corrected chi connectivity index (χ2v) is 2.37. The second-order valence-electron chi connectivity index (χ2n) is 2.07. The van der Waals surface area contributed by atoms with Crippen LogP contribution in [0.1, 0.15) is 0 Å². The molecule has 58 valence electrons. The van der Waals surface area contributed by atoms with E-state index in [1.54, 1.807) is 0 Å². The van der Waals surface area contributed by atoms with Gasteiger partial charge < -0.3 is 14.9 Å². The van der Waals surface area contributed by atoms with Crippen molar-refractivity contribution in [2.45, 2.75) is 18.3 Å². The van der Waals surface area contributed by atoms with E-state index in [9.17, 15) is 4.79 Å². The third-order valence-electron chi connectivity index (χ3n) is 1.37. The second kappa shape index (κ2) is 2.74. The van der Waals surface area contributed by atoms with Crippen molar-refractivity contribution in [3.05, 3.63) is 0 Å². The molecule has 0 radical (unpaired) electrons. The Morgan fingerprint density at radius 2 is 2.20 bits per heavy atom. The molecule has 1 fully saturated rings. The van der Waals surface area contributed by atoms with Crippen LogP contribution in [-0.2, 0) is 9.53 Å². The lowest BCUT2D eigenvalue weighted by atomic mass is 10.2. The summed E-state index contributed by atoms with van der Waals surface area (Å²) in [7, 11) is 0. The van der Waals surface area contributed by atoms with Crippen LogP contribution in [0.2, 0.25) is 0 Å². The smallest absolute Gasteiger partial charge is 0.338 e. The molecule has 10 heavy (non-hydrogen) atoms. The van der Waals surface area contributed by atoms with Gasteiger partial charge in [-0.15, -0.1) is 11.6 Å². The van der Waals surface area contributed by atoms with Gasteiger partial charge in [-0.3, -0.25) is 0 Å². The van der Waals surface area contributed by atoms with Gasteiger partial charge in [0.1, 0.15) is 12.2 Å². The molecule has 3 atom stereocenters. The number of rotatable bonds is 1. The summed E-state index contributed by atoms with van der Waals surface area (Å²) in [6.07, 6.45) is -3.36. The number of hydrogen-bond acceptors (Lipinski definition) is 4. The molecule has 0 amide bonds. The molecule has 5 heteroatoms. The van der Waals surface area contributed by atoms with Gasteiger partial charge in [0.05, 0.1) is 5.88 Å². The molecule has 0 aromatic rings. The van der Waals surface area contributed by atoms with Crippen LogP contribution in [0.15, 0.2) is 0 Å². The van der Waals surface area contributed by atoms with Crippen LogP contribution in [0.4, 0.5) is 0 Å². The molecule has 1 saturated heterocycles. The third-order valence-corrected chi connectivity index (χ3v) is 1.67. The van der Waals surface area contributed by atoms with Crippen LogP contribution >= 0.6 is 11.6 Å². The van der Waals surface area contributed by atoms with E-state index in [-0.39, 0.29) is 5.88 Å². The van der Waals surface area contributed by atoms with Crippen molar-refractivity contribution in [3.8, 4) is 0 Å². The minimum atomic E-state index is -1.43. The van der Waals surface area contributed by atoms with Crippen LogP contribution in [0.5, 0.6) is 0 Å². The van der Waals surface area contributed by atoms with Gasteiger partial charge in [0.25, 0.3) is 0 Å². The fourth-order valence-electron chi connectivity index (χ4n) is 0.754. The molecule has 1 aliphatic rings. The van der Waals surface area contributed by atoms with Crippen molar-refractivity contribution in [3.63, 3.8) is 0 Å². The number of aliphatic hydroxyl groups excluding tert-OH is 2. The highest BCUT2D eigenvalue weighted by atomic mass is 35.5. The maximum Gasteiger partial charge on any atom is 0.338 e. The van der Waals surface area contributed by atoms with E-state index in [1.165, 1.54) is 0 Å². The van der Waals surface area contributed by atoms with Gasteiger partial charge in [0, 0.05) is 0 Å². The first-order valence-electron chi connectivity index (χ1n) is 2.79. The normalized spacial score (nSPS) is 39.9. The Kier molecular flexibility index (Phi) is 2.13. The fourth-order valence-corrected chi connectivity index (χ4v) is 1.000. The Bertz CT molecular complexity index is 149. The van der Waals surface area contributed by atoms with Gasteiger partial charge in [-0.1, -0.05) is 0 Å². The quantitative estimate of drug-likeness (QED) is 0.382. The first-order valence-corrected chi connectivity index (χ1v) is 3.33. The SMILES string of the molecule is O=C1O[C@H](CCl)[C@@H](O)[C@@H]1O. The molecular formula is C5H7ClO4. The molecular weight excluding hydrogens is 160 g/mol. The molecule has 0 aliphatic carbocycles. The summed E-state index contributed by atoms with van der Waals surface area (Å²) in [5, 5.41) is 17.7. The van der Waals surface area contributed by atoms with Crippen molar-refractivity contribution < 1.29 is 19.7 Å². The summed E-state index contributed by atoms with van der Waals surface area (Å²) in [4.78, 5) is 10.5. The highest BCUT2D eigenvalue weighted by molar-refractivity contribution is 6.18. The average Bonchev–Trinajstić information content (AvgIpc) is 2.17. The highest BCUT2D eigenvalue weighted by Crippen LogP contribution is 2.16. The molecule has 0 aromatic heterocycles. The zero-order valence-corrected chi connectivity index (χ0v) is 5.78. The van der Waals surface area contributed by atoms with E-state index in [1.807, 2.05) is 0 Å². The number of carbonyl (C=O) groups excluding carboxylic acids is 1. The van der Waals surface area contributed by atoms with Crippen molar-refractivity contribution in [2.75, 3.05) is 5.88 Å². The van der Waals surface area contributed by atoms with Crippen molar-refractivity contribution >= 4 is 17.6 Å². The molecule has 2 N–H and O–H groups in total. The minimum Gasteiger partial charge on any atom is -0.456 e. The summed E-state index contributed by atoms with van der Waals surface area (Å²) in [6.45, 7) is 0. The van der Waals surface area contributed by atoms with Gasteiger partial charge in [-0.2, -0.15) is 0 Å². The molecule has 0 bridgehead atoms. The monoisotopic (exact) mass is 166 g/mol. The number of esters is 1. The lowest BCUT2D eigenvalue weighted by molar-refractivity contribution is -0.146. The summed E-state index contributed by atoms with van der Waals surface area (Å²) >= 11 is 5.28. The third kappa shape index (κ3) is 1.10. The Morgan fingerprint density at radius 3 is 2.40 bits per heavy atom. The molecule has 0 saturated carbocycles. The zero-order chi connectivity index (χ0) is 7.72. The van der Waals surface area contributed by atoms with Crippen LogP contribution in [0.3, 0.4) is 0 Å². The first kappa shape index (κ1) is 7.78. The standard InChI is InChI=1S/C5H7ClO4/c6-1-2-3(7)4(8)5(9)10-2/h2-4,7-8H,1H2/t2-,3-,4+/m1/s1. The van der Waals surface area contributed by atoms with E-state index in [4.69, 9.17) is 21.8 Å². The molecule has 0 spiro atoms. The lowest BCUT2D eigenvalue weighted by Crippen LogP contribution is -2.31. The largest absolute Gasteiger partial charge is 0.456 e.